The summed E-state index contributed by atoms with van der Waals surface area (Å²) in [5, 5.41) is 21.9. The van der Waals surface area contributed by atoms with Crippen LogP contribution in [0.15, 0.2) is 36.5 Å². The van der Waals surface area contributed by atoms with Crippen LogP contribution in [0, 0.1) is 0 Å². The van der Waals surface area contributed by atoms with E-state index in [1.807, 2.05) is 0 Å². The molecule has 0 aromatic heterocycles. The highest BCUT2D eigenvalue weighted by Gasteiger charge is 2.28. The molecule has 0 spiro atoms. The van der Waals surface area contributed by atoms with Gasteiger partial charge >= 0.3 is 19.8 Å². The first-order valence-corrected chi connectivity index (χ1v) is 26.0. The van der Waals surface area contributed by atoms with Gasteiger partial charge in [0, 0.05) is 12.8 Å². The lowest BCUT2D eigenvalue weighted by molar-refractivity contribution is -0.147. The Morgan fingerprint density at radius 1 is 0.541 bits per heavy atom. The predicted octanol–water partition coefficient (Wildman–Crippen LogP) is 13.2. The van der Waals surface area contributed by atoms with Crippen LogP contribution in [0.4, 0.5) is 0 Å². The lowest BCUT2D eigenvalue weighted by atomic mass is 10.0. The van der Waals surface area contributed by atoms with Gasteiger partial charge in [-0.05, 0) is 44.9 Å². The minimum Gasteiger partial charge on any atom is -0.480 e. The largest absolute Gasteiger partial charge is 0.480 e. The van der Waals surface area contributed by atoms with E-state index >= 15 is 0 Å². The van der Waals surface area contributed by atoms with Crippen LogP contribution in [0.1, 0.15) is 226 Å². The average molecular weight is 884 g/mol. The van der Waals surface area contributed by atoms with E-state index in [1.165, 1.54) is 116 Å². The number of nitrogens with one attached hydrogen (secondary N) is 1. The van der Waals surface area contributed by atoms with Crippen molar-refractivity contribution in [3.63, 3.8) is 0 Å². The number of aliphatic carboxylic acids is 1. The van der Waals surface area contributed by atoms with Crippen molar-refractivity contribution in [3.8, 4) is 0 Å². The quantitative estimate of drug-likeness (QED) is 0.0200. The fourth-order valence-electron chi connectivity index (χ4n) is 6.92. The summed E-state index contributed by atoms with van der Waals surface area (Å²) in [6.45, 7) is 2.50. The van der Waals surface area contributed by atoms with Crippen LogP contribution in [-0.4, -0.2) is 64.9 Å². The van der Waals surface area contributed by atoms with E-state index < -0.39 is 57.6 Å². The second kappa shape index (κ2) is 44.3. The number of hydrogen-bond acceptors (Lipinski definition) is 8. The van der Waals surface area contributed by atoms with Crippen LogP contribution in [0.3, 0.4) is 0 Å². The maximum atomic E-state index is 12.3. The average Bonchev–Trinajstić information content (AvgIpc) is 3.24. The van der Waals surface area contributed by atoms with Crippen molar-refractivity contribution in [2.75, 3.05) is 19.8 Å². The zero-order chi connectivity index (χ0) is 44.9. The smallest absolute Gasteiger partial charge is 0.472 e. The lowest BCUT2D eigenvalue weighted by Crippen LogP contribution is -2.43. The Balaban J connectivity index is 3.81. The number of hydrogen-bond donors (Lipinski definition) is 4. The Morgan fingerprint density at radius 2 is 0.951 bits per heavy atom. The zero-order valence-corrected chi connectivity index (χ0v) is 39.6. The molecule has 3 unspecified atom stereocenters. The molecule has 0 heterocycles. The van der Waals surface area contributed by atoms with Gasteiger partial charge in [0.1, 0.15) is 12.7 Å². The molecule has 3 atom stereocenters. The van der Waals surface area contributed by atoms with Gasteiger partial charge in [0.05, 0.1) is 13.2 Å². The van der Waals surface area contributed by atoms with Crippen LogP contribution in [0.5, 0.6) is 0 Å². The summed E-state index contributed by atoms with van der Waals surface area (Å²) >= 11 is 0. The summed E-state index contributed by atoms with van der Waals surface area (Å²) in [7, 11) is -4.76. The maximum absolute atomic E-state index is 12.3. The summed E-state index contributed by atoms with van der Waals surface area (Å²) in [4.78, 5) is 46.0. The van der Waals surface area contributed by atoms with Gasteiger partial charge in [-0.15, -0.1) is 0 Å². The van der Waals surface area contributed by atoms with E-state index in [2.05, 4.69) is 55.6 Å². The fraction of sp³-hybridized carbons (Fsp3) is 0.816. The van der Waals surface area contributed by atoms with Gasteiger partial charge in [0.25, 0.3) is 0 Å². The molecular formula is C49H90NO10P. The SMILES string of the molecule is CC/C=C\C/C=C\C/C=C\CCCCCCCC(=O)NC(COP(=O)(O)OCC(O)COC(=O)CCCCCCCCCCCCCCCCCCCCCCCC)C(=O)O. The van der Waals surface area contributed by atoms with E-state index in [0.717, 1.165) is 70.6 Å². The fourth-order valence-corrected chi connectivity index (χ4v) is 7.69. The van der Waals surface area contributed by atoms with Gasteiger partial charge < -0.3 is 25.2 Å². The highest BCUT2D eigenvalue weighted by molar-refractivity contribution is 7.47. The number of carbonyl (C=O) groups is 3. The Morgan fingerprint density at radius 3 is 1.43 bits per heavy atom. The topological polar surface area (TPSA) is 169 Å². The van der Waals surface area contributed by atoms with Gasteiger partial charge in [-0.3, -0.25) is 18.6 Å². The molecule has 0 aromatic carbocycles. The summed E-state index contributed by atoms with van der Waals surface area (Å²) in [5.41, 5.74) is 0. The van der Waals surface area contributed by atoms with E-state index in [4.69, 9.17) is 13.8 Å². The van der Waals surface area contributed by atoms with Crippen molar-refractivity contribution in [2.45, 2.75) is 238 Å². The number of esters is 1. The first kappa shape index (κ1) is 58.7. The molecule has 0 saturated carbocycles. The van der Waals surface area contributed by atoms with Gasteiger partial charge in [-0.25, -0.2) is 9.36 Å². The van der Waals surface area contributed by atoms with Crippen LogP contribution in [0.25, 0.3) is 0 Å². The van der Waals surface area contributed by atoms with Crippen LogP contribution in [-0.2, 0) is 32.7 Å². The number of carbonyl (C=O) groups excluding carboxylic acids is 2. The molecule has 0 aliphatic carbocycles. The number of allylic oxidation sites excluding steroid dienone is 6. The number of amides is 1. The Hall–Kier alpha value is -2.30. The molecule has 0 radical (unpaired) electrons. The molecule has 11 nitrogen and oxygen atoms in total. The molecule has 0 fully saturated rings. The highest BCUT2D eigenvalue weighted by Crippen LogP contribution is 2.43. The first-order valence-electron chi connectivity index (χ1n) is 24.5. The Labute approximate surface area is 371 Å². The molecular weight excluding hydrogens is 794 g/mol. The number of aliphatic hydroxyl groups is 1. The summed E-state index contributed by atoms with van der Waals surface area (Å²) in [6.07, 6.45) is 48.9. The van der Waals surface area contributed by atoms with Crippen molar-refractivity contribution in [3.05, 3.63) is 36.5 Å². The van der Waals surface area contributed by atoms with Crippen molar-refractivity contribution in [1.82, 2.24) is 5.32 Å². The minimum absolute atomic E-state index is 0.126. The third-order valence-electron chi connectivity index (χ3n) is 10.7. The third-order valence-corrected chi connectivity index (χ3v) is 11.6. The van der Waals surface area contributed by atoms with Crippen LogP contribution in [0.2, 0.25) is 0 Å². The molecule has 0 saturated heterocycles. The molecule has 0 aliphatic heterocycles. The molecule has 61 heavy (non-hydrogen) atoms. The van der Waals surface area contributed by atoms with Crippen molar-refractivity contribution >= 4 is 25.7 Å². The molecule has 0 bridgehead atoms. The number of ether oxygens (including phenoxy) is 1. The van der Waals surface area contributed by atoms with E-state index in [9.17, 15) is 34.1 Å². The first-order chi connectivity index (χ1) is 29.6. The predicted molar refractivity (Wildman–Crippen MR) is 249 cm³/mol. The Bertz CT molecular complexity index is 1180. The normalized spacial score (nSPS) is 13.9. The summed E-state index contributed by atoms with van der Waals surface area (Å²) < 4.78 is 26.9. The standard InChI is InChI=1S/C49H90NO10P/c1-3-5-7-9-11-13-15-17-19-20-21-22-23-24-25-27-29-31-33-35-37-39-41-48(53)58-42-45(51)43-59-61(56,57)60-44-46(49(54)55)50-47(52)40-38-36-34-32-30-28-26-18-16-14-12-10-8-6-4-2/h6,8,12,14,18,26,45-46,51H,3-5,7,9-11,13,15-17,19-25,27-44H2,1-2H3,(H,50,52)(H,54,55)(H,56,57)/b8-6-,14-12-,26-18-. The number of carboxylic acid groups (broad SMARTS) is 1. The second-order valence-corrected chi connectivity index (χ2v) is 18.1. The van der Waals surface area contributed by atoms with E-state index in [-0.39, 0.29) is 12.8 Å². The molecule has 356 valence electrons. The number of rotatable bonds is 46. The van der Waals surface area contributed by atoms with Gasteiger partial charge in [0.15, 0.2) is 6.04 Å². The van der Waals surface area contributed by atoms with E-state index in [0.29, 0.717) is 12.8 Å². The van der Waals surface area contributed by atoms with Gasteiger partial charge in [0.2, 0.25) is 5.91 Å². The van der Waals surface area contributed by atoms with Crippen LogP contribution < -0.4 is 5.32 Å². The number of carboxylic acids is 1. The highest BCUT2D eigenvalue weighted by atomic mass is 31.2. The molecule has 0 aromatic rings. The lowest BCUT2D eigenvalue weighted by Gasteiger charge is -2.18. The molecule has 12 heteroatoms. The van der Waals surface area contributed by atoms with Crippen molar-refractivity contribution in [2.24, 2.45) is 0 Å². The molecule has 1 amide bonds. The number of phosphoric ester groups is 1. The van der Waals surface area contributed by atoms with Crippen molar-refractivity contribution in [1.29, 1.82) is 0 Å². The minimum atomic E-state index is -4.76. The number of phosphoric acid groups is 1. The molecule has 4 N–H and O–H groups in total. The van der Waals surface area contributed by atoms with Gasteiger partial charge in [-0.1, -0.05) is 204 Å². The third kappa shape index (κ3) is 44.1. The monoisotopic (exact) mass is 884 g/mol. The molecule has 0 aliphatic rings. The Kier molecular flexibility index (Phi) is 42.6. The maximum Gasteiger partial charge on any atom is 0.472 e. The van der Waals surface area contributed by atoms with Crippen LogP contribution >= 0.6 is 7.82 Å². The number of aliphatic hydroxyl groups excluding tert-OH is 1. The molecule has 0 rings (SSSR count). The van der Waals surface area contributed by atoms with Crippen molar-refractivity contribution < 1.29 is 47.8 Å². The zero-order valence-electron chi connectivity index (χ0n) is 38.7. The van der Waals surface area contributed by atoms with E-state index in [1.54, 1.807) is 0 Å². The summed E-state index contributed by atoms with van der Waals surface area (Å²) in [6, 6.07) is -1.56. The van der Waals surface area contributed by atoms with Gasteiger partial charge in [-0.2, -0.15) is 0 Å². The second-order valence-electron chi connectivity index (χ2n) is 16.6. The number of unbranched alkanes of at least 4 members (excludes halogenated alkanes) is 26. The summed E-state index contributed by atoms with van der Waals surface area (Å²) in [5.74, 6) is -2.39.